The van der Waals surface area contributed by atoms with Crippen LogP contribution in [0.4, 0.5) is 10.1 Å². The van der Waals surface area contributed by atoms with E-state index >= 15 is 0 Å². The minimum absolute atomic E-state index is 0.0669. The summed E-state index contributed by atoms with van der Waals surface area (Å²) in [6.07, 6.45) is 4.14. The number of aryl methyl sites for hydroxylation is 1. The van der Waals surface area contributed by atoms with Crippen LogP contribution in [0.2, 0.25) is 0 Å². The number of aromatic nitrogens is 3. The number of sulfone groups is 1. The van der Waals surface area contributed by atoms with Gasteiger partial charge in [-0.3, -0.25) is 4.79 Å². The second-order valence-corrected chi connectivity index (χ2v) is 9.93. The molecule has 0 aliphatic carbocycles. The maximum Gasteiger partial charge on any atom is 0.255 e. The zero-order chi connectivity index (χ0) is 22.0. The van der Waals surface area contributed by atoms with E-state index in [0.29, 0.717) is 41.7 Å². The van der Waals surface area contributed by atoms with Gasteiger partial charge in [0.05, 0.1) is 34.3 Å². The molecule has 8 nitrogen and oxygen atoms in total. The smallest absolute Gasteiger partial charge is 0.255 e. The Balaban J connectivity index is 1.61. The lowest BCUT2D eigenvalue weighted by Gasteiger charge is -2.25. The molecule has 4 rings (SSSR count). The monoisotopic (exact) mass is 445 g/mol. The van der Waals surface area contributed by atoms with E-state index in [4.69, 9.17) is 0 Å². The normalized spacial score (nSPS) is 16.3. The lowest BCUT2D eigenvalue weighted by atomic mass is 10.1. The molecule has 1 saturated heterocycles. The van der Waals surface area contributed by atoms with E-state index < -0.39 is 9.84 Å². The second kappa shape index (κ2) is 8.62. The Morgan fingerprint density at radius 3 is 2.58 bits per heavy atom. The summed E-state index contributed by atoms with van der Waals surface area (Å²) < 4.78 is 38.4. The summed E-state index contributed by atoms with van der Waals surface area (Å²) in [4.78, 5) is 17.4. The number of fused-ring (bicyclic) bond motifs is 1. The average Bonchev–Trinajstić information content (AvgIpc) is 3.18. The lowest BCUT2D eigenvalue weighted by Crippen LogP contribution is -2.33. The molecule has 0 unspecified atom stereocenters. The van der Waals surface area contributed by atoms with Crippen LogP contribution in [0.5, 0.6) is 0 Å². The minimum atomic E-state index is -2.99. The molecular formula is C21H24FN5O3S. The van der Waals surface area contributed by atoms with Gasteiger partial charge in [0.25, 0.3) is 5.91 Å². The van der Waals surface area contributed by atoms with Crippen molar-refractivity contribution in [3.8, 4) is 0 Å². The van der Waals surface area contributed by atoms with Crippen molar-refractivity contribution < 1.29 is 17.6 Å². The molecule has 164 valence electrons. The maximum absolute atomic E-state index is 13.1. The first-order valence-electron chi connectivity index (χ1n) is 10.2. The lowest BCUT2D eigenvalue weighted by molar-refractivity contribution is 0.0951. The van der Waals surface area contributed by atoms with Crippen LogP contribution in [0, 0.1) is 5.82 Å². The summed E-state index contributed by atoms with van der Waals surface area (Å²) in [5, 5.41) is 11.3. The molecule has 10 heteroatoms. The third-order valence-electron chi connectivity index (χ3n) is 5.48. The molecule has 1 aromatic carbocycles. The number of hydrogen-bond acceptors (Lipinski definition) is 6. The van der Waals surface area contributed by atoms with Crippen LogP contribution in [0.1, 0.15) is 35.7 Å². The maximum atomic E-state index is 13.1. The fourth-order valence-corrected chi connectivity index (χ4v) is 5.20. The minimum Gasteiger partial charge on any atom is -0.381 e. The van der Waals surface area contributed by atoms with Crippen molar-refractivity contribution in [2.75, 3.05) is 16.8 Å². The summed E-state index contributed by atoms with van der Waals surface area (Å²) in [6, 6.07) is 5.85. The number of halogens is 1. The van der Waals surface area contributed by atoms with Crippen molar-refractivity contribution in [1.29, 1.82) is 0 Å². The number of carbonyl (C=O) groups excluding carboxylic acids is 1. The number of hydrogen-bond donors (Lipinski definition) is 2. The highest BCUT2D eigenvalue weighted by Crippen LogP contribution is 2.29. The van der Waals surface area contributed by atoms with Gasteiger partial charge < -0.3 is 10.6 Å². The van der Waals surface area contributed by atoms with Crippen molar-refractivity contribution in [1.82, 2.24) is 20.1 Å². The Morgan fingerprint density at radius 2 is 1.90 bits per heavy atom. The number of nitrogens with one attached hydrogen (secondary N) is 2. The number of carbonyl (C=O) groups is 1. The van der Waals surface area contributed by atoms with Gasteiger partial charge in [-0.2, -0.15) is 5.10 Å². The number of amides is 1. The largest absolute Gasteiger partial charge is 0.381 e. The van der Waals surface area contributed by atoms with Crippen LogP contribution in [-0.4, -0.2) is 46.6 Å². The van der Waals surface area contributed by atoms with E-state index in [-0.39, 0.29) is 35.8 Å². The fourth-order valence-electron chi connectivity index (χ4n) is 3.70. The SMILES string of the molecule is CCn1ncc2c(NC3CCS(=O)(=O)CC3)c(C(=O)NCc3ccc(F)cc3)cnc21. The molecule has 3 aromatic rings. The van der Waals surface area contributed by atoms with Crippen molar-refractivity contribution >= 4 is 32.5 Å². The predicted octanol–water partition coefficient (Wildman–Crippen LogP) is 2.51. The molecule has 0 spiro atoms. The first-order valence-corrected chi connectivity index (χ1v) is 12.0. The Labute approximate surface area is 179 Å². The Kier molecular flexibility index (Phi) is 5.90. The van der Waals surface area contributed by atoms with Crippen LogP contribution < -0.4 is 10.6 Å². The van der Waals surface area contributed by atoms with Crippen molar-refractivity contribution in [3.05, 3.63) is 53.6 Å². The summed E-state index contributed by atoms with van der Waals surface area (Å²) in [6.45, 7) is 2.83. The van der Waals surface area contributed by atoms with Gasteiger partial charge in [-0.1, -0.05) is 12.1 Å². The van der Waals surface area contributed by atoms with Crippen molar-refractivity contribution in [2.24, 2.45) is 0 Å². The number of rotatable bonds is 6. The molecule has 31 heavy (non-hydrogen) atoms. The fraction of sp³-hybridized carbons (Fsp3) is 0.381. The molecule has 3 heterocycles. The predicted molar refractivity (Wildman–Crippen MR) is 116 cm³/mol. The van der Waals surface area contributed by atoms with Gasteiger partial charge in [-0.25, -0.2) is 22.5 Å². The Bertz CT molecular complexity index is 1190. The van der Waals surface area contributed by atoms with Crippen LogP contribution in [0.3, 0.4) is 0 Å². The standard InChI is InChI=1S/C21H24FN5O3S/c1-2-27-20-17(13-25-27)19(26-16-7-9-31(29,30)10-8-16)18(12-23-20)21(28)24-11-14-3-5-15(22)6-4-14/h3-6,12-13,16H,2,7-11H2,1H3,(H,23,26)(H,24,28). The van der Waals surface area contributed by atoms with E-state index in [1.165, 1.54) is 18.3 Å². The molecule has 2 aromatic heterocycles. The molecule has 1 fully saturated rings. The molecule has 0 atom stereocenters. The van der Waals surface area contributed by atoms with Crippen LogP contribution in [0.25, 0.3) is 11.0 Å². The zero-order valence-corrected chi connectivity index (χ0v) is 18.0. The Morgan fingerprint density at radius 1 is 1.19 bits per heavy atom. The Hall–Kier alpha value is -3.01. The van der Waals surface area contributed by atoms with Crippen LogP contribution in [0.15, 0.2) is 36.7 Å². The van der Waals surface area contributed by atoms with Gasteiger partial charge in [0.2, 0.25) is 0 Å². The van der Waals surface area contributed by atoms with Crippen LogP contribution >= 0.6 is 0 Å². The van der Waals surface area contributed by atoms with Gasteiger partial charge in [0.15, 0.2) is 5.65 Å². The summed E-state index contributed by atoms with van der Waals surface area (Å²) in [5.74, 6) is -0.411. The van der Waals surface area contributed by atoms with E-state index in [9.17, 15) is 17.6 Å². The van der Waals surface area contributed by atoms with Gasteiger partial charge in [0.1, 0.15) is 15.7 Å². The first kappa shape index (κ1) is 21.2. The molecule has 1 aliphatic heterocycles. The molecule has 0 bridgehead atoms. The number of nitrogens with zero attached hydrogens (tertiary/aromatic N) is 3. The highest BCUT2D eigenvalue weighted by atomic mass is 32.2. The highest BCUT2D eigenvalue weighted by Gasteiger charge is 2.26. The van der Waals surface area contributed by atoms with Gasteiger partial charge in [-0.05, 0) is 37.5 Å². The van der Waals surface area contributed by atoms with Crippen molar-refractivity contribution in [2.45, 2.75) is 38.9 Å². The second-order valence-electron chi connectivity index (χ2n) is 7.62. The third kappa shape index (κ3) is 4.68. The summed E-state index contributed by atoms with van der Waals surface area (Å²) in [5.41, 5.74) is 2.39. The highest BCUT2D eigenvalue weighted by molar-refractivity contribution is 7.91. The van der Waals surface area contributed by atoms with Gasteiger partial charge >= 0.3 is 0 Å². The molecule has 0 radical (unpaired) electrons. The molecule has 2 N–H and O–H groups in total. The van der Waals surface area contributed by atoms with E-state index in [1.807, 2.05) is 6.92 Å². The van der Waals surface area contributed by atoms with Gasteiger partial charge in [-0.15, -0.1) is 0 Å². The summed E-state index contributed by atoms with van der Waals surface area (Å²) >= 11 is 0. The van der Waals surface area contributed by atoms with Crippen LogP contribution in [-0.2, 0) is 22.9 Å². The topological polar surface area (TPSA) is 106 Å². The number of anilines is 1. The van der Waals surface area contributed by atoms with E-state index in [0.717, 1.165) is 5.56 Å². The summed E-state index contributed by atoms with van der Waals surface area (Å²) in [7, 11) is -2.99. The first-order chi connectivity index (χ1) is 14.9. The molecule has 1 aliphatic rings. The van der Waals surface area contributed by atoms with Gasteiger partial charge in [0, 0.05) is 25.3 Å². The molecule has 0 saturated carbocycles. The number of pyridine rings is 1. The zero-order valence-electron chi connectivity index (χ0n) is 17.1. The molecule has 1 amide bonds. The average molecular weight is 446 g/mol. The molecular weight excluding hydrogens is 421 g/mol. The quantitative estimate of drug-likeness (QED) is 0.604. The number of benzene rings is 1. The van der Waals surface area contributed by atoms with E-state index in [2.05, 4.69) is 20.7 Å². The third-order valence-corrected chi connectivity index (χ3v) is 7.20. The van der Waals surface area contributed by atoms with Crippen molar-refractivity contribution in [3.63, 3.8) is 0 Å². The van der Waals surface area contributed by atoms with E-state index in [1.54, 1.807) is 23.0 Å².